The van der Waals surface area contributed by atoms with Crippen LogP contribution in [0.2, 0.25) is 0 Å². The Labute approximate surface area is 116 Å². The summed E-state index contributed by atoms with van der Waals surface area (Å²) in [5.74, 6) is 0.680. The minimum Gasteiger partial charge on any atom is -0.354 e. The fraction of sp³-hybridized carbons (Fsp3) is 0.625. The molecule has 0 unspecified atom stereocenters. The summed E-state index contributed by atoms with van der Waals surface area (Å²) >= 11 is 0. The molecule has 3 heteroatoms. The molecule has 1 aliphatic rings. The molecule has 0 aromatic heterocycles. The molecule has 0 aromatic rings. The number of carbonyl (C=O) groups is 2. The number of hydrogen-bond donors (Lipinski definition) is 1. The maximum Gasteiger partial charge on any atom is 0.207 e. The number of rotatable bonds is 6. The first-order valence-electron chi connectivity index (χ1n) is 7.00. The average Bonchev–Trinajstić information content (AvgIpc) is 2.36. The van der Waals surface area contributed by atoms with Gasteiger partial charge in [0.1, 0.15) is 0 Å². The molecule has 1 aliphatic carbocycles. The molecule has 1 fully saturated rings. The van der Waals surface area contributed by atoms with Crippen molar-refractivity contribution in [2.45, 2.75) is 52.0 Å². The predicted molar refractivity (Wildman–Crippen MR) is 77.7 cm³/mol. The van der Waals surface area contributed by atoms with Crippen molar-refractivity contribution in [3.05, 3.63) is 24.3 Å². The molecule has 1 rings (SSSR count). The highest BCUT2D eigenvalue weighted by molar-refractivity contribution is 6.03. The predicted octanol–water partition coefficient (Wildman–Crippen LogP) is 3.02. The monoisotopic (exact) mass is 263 g/mol. The van der Waals surface area contributed by atoms with Crippen LogP contribution in [0.3, 0.4) is 0 Å². The first-order chi connectivity index (χ1) is 8.88. The van der Waals surface area contributed by atoms with E-state index in [1.807, 2.05) is 19.9 Å². The van der Waals surface area contributed by atoms with Gasteiger partial charge in [0.15, 0.2) is 5.78 Å². The highest BCUT2D eigenvalue weighted by Crippen LogP contribution is 2.35. The van der Waals surface area contributed by atoms with E-state index in [2.05, 4.69) is 18.8 Å². The van der Waals surface area contributed by atoms with Gasteiger partial charge in [0.05, 0.1) is 0 Å². The van der Waals surface area contributed by atoms with Gasteiger partial charge in [-0.25, -0.2) is 0 Å². The largest absolute Gasteiger partial charge is 0.354 e. The standard InChI is InChI=1S/C16H25NO2/c1-12(2)5-6-15(19)13(3)14-7-9-16(4,10-8-14)17-11-18/h5-6,11-12,14H,3,7-10H2,1-2,4H3,(H,17,18). The summed E-state index contributed by atoms with van der Waals surface area (Å²) < 4.78 is 0. The van der Waals surface area contributed by atoms with Crippen molar-refractivity contribution in [3.63, 3.8) is 0 Å². The van der Waals surface area contributed by atoms with Crippen molar-refractivity contribution in [2.24, 2.45) is 11.8 Å². The maximum atomic E-state index is 12.0. The third-order valence-electron chi connectivity index (χ3n) is 3.94. The van der Waals surface area contributed by atoms with Crippen LogP contribution in [-0.2, 0) is 9.59 Å². The molecule has 19 heavy (non-hydrogen) atoms. The molecule has 0 saturated heterocycles. The van der Waals surface area contributed by atoms with Crippen LogP contribution in [0.5, 0.6) is 0 Å². The first kappa shape index (κ1) is 15.7. The quantitative estimate of drug-likeness (QED) is 0.591. The normalized spacial score (nSPS) is 27.5. The summed E-state index contributed by atoms with van der Waals surface area (Å²) in [6.07, 6.45) is 7.95. The second-order valence-electron chi connectivity index (χ2n) is 6.09. The van der Waals surface area contributed by atoms with E-state index in [-0.39, 0.29) is 17.2 Å². The summed E-state index contributed by atoms with van der Waals surface area (Å²) in [4.78, 5) is 22.5. The Hall–Kier alpha value is -1.38. The molecule has 0 bridgehead atoms. The van der Waals surface area contributed by atoms with E-state index < -0.39 is 0 Å². The smallest absolute Gasteiger partial charge is 0.207 e. The first-order valence-corrected chi connectivity index (χ1v) is 7.00. The highest BCUT2D eigenvalue weighted by Gasteiger charge is 2.32. The lowest BCUT2D eigenvalue weighted by molar-refractivity contribution is -0.113. The average molecular weight is 263 g/mol. The van der Waals surface area contributed by atoms with E-state index in [0.717, 1.165) is 32.1 Å². The van der Waals surface area contributed by atoms with Gasteiger partial charge in [-0.3, -0.25) is 9.59 Å². The second kappa shape index (κ2) is 6.69. The van der Waals surface area contributed by atoms with Gasteiger partial charge >= 0.3 is 0 Å². The zero-order valence-corrected chi connectivity index (χ0v) is 12.2. The van der Waals surface area contributed by atoms with Gasteiger partial charge in [-0.2, -0.15) is 0 Å². The fourth-order valence-electron chi connectivity index (χ4n) is 2.48. The van der Waals surface area contributed by atoms with Crippen molar-refractivity contribution < 1.29 is 9.59 Å². The molecule has 0 heterocycles. The molecule has 1 amide bonds. The molecule has 0 atom stereocenters. The van der Waals surface area contributed by atoms with Gasteiger partial charge in [0.2, 0.25) is 6.41 Å². The van der Waals surface area contributed by atoms with E-state index in [4.69, 9.17) is 0 Å². The fourth-order valence-corrected chi connectivity index (χ4v) is 2.48. The molecule has 1 N–H and O–H groups in total. The van der Waals surface area contributed by atoms with Crippen LogP contribution in [0, 0.1) is 11.8 Å². The zero-order valence-electron chi connectivity index (χ0n) is 12.2. The van der Waals surface area contributed by atoms with Crippen LogP contribution in [0.1, 0.15) is 46.5 Å². The minimum atomic E-state index is -0.116. The summed E-state index contributed by atoms with van der Waals surface area (Å²) in [5, 5.41) is 2.88. The van der Waals surface area contributed by atoms with E-state index in [0.29, 0.717) is 11.5 Å². The van der Waals surface area contributed by atoms with Crippen molar-refractivity contribution in [1.82, 2.24) is 5.32 Å². The Morgan fingerprint density at radius 2 is 1.95 bits per heavy atom. The van der Waals surface area contributed by atoms with Crippen LogP contribution in [-0.4, -0.2) is 17.7 Å². The van der Waals surface area contributed by atoms with Crippen molar-refractivity contribution >= 4 is 12.2 Å². The van der Waals surface area contributed by atoms with E-state index >= 15 is 0 Å². The second-order valence-corrected chi connectivity index (χ2v) is 6.09. The van der Waals surface area contributed by atoms with Crippen molar-refractivity contribution in [2.75, 3.05) is 0 Å². The molecule has 0 aromatic carbocycles. The summed E-state index contributed by atoms with van der Waals surface area (Å²) in [5.41, 5.74) is 0.597. The number of amides is 1. The van der Waals surface area contributed by atoms with E-state index in [1.54, 1.807) is 6.08 Å². The SMILES string of the molecule is C=C(C(=O)C=CC(C)C)C1CCC(C)(NC=O)CC1. The van der Waals surface area contributed by atoms with E-state index in [9.17, 15) is 9.59 Å². The van der Waals surface area contributed by atoms with Crippen LogP contribution >= 0.6 is 0 Å². The molecule has 3 nitrogen and oxygen atoms in total. The zero-order chi connectivity index (χ0) is 14.5. The van der Waals surface area contributed by atoms with Gasteiger partial charge in [-0.1, -0.05) is 26.5 Å². The van der Waals surface area contributed by atoms with Crippen molar-refractivity contribution in [3.8, 4) is 0 Å². The Morgan fingerprint density at radius 1 is 1.37 bits per heavy atom. The molecular formula is C16H25NO2. The minimum absolute atomic E-state index is 0.0469. The van der Waals surface area contributed by atoms with Gasteiger partial charge < -0.3 is 5.32 Å². The number of carbonyl (C=O) groups excluding carboxylic acids is 2. The van der Waals surface area contributed by atoms with Crippen LogP contribution < -0.4 is 5.32 Å². The van der Waals surface area contributed by atoms with Gasteiger partial charge in [0.25, 0.3) is 0 Å². The lowest BCUT2D eigenvalue weighted by Gasteiger charge is -2.37. The molecule has 106 valence electrons. The number of allylic oxidation sites excluding steroid dienone is 3. The molecular weight excluding hydrogens is 238 g/mol. The summed E-state index contributed by atoms with van der Waals surface area (Å²) in [6, 6.07) is 0. The maximum absolute atomic E-state index is 12.0. The third-order valence-corrected chi connectivity index (χ3v) is 3.94. The van der Waals surface area contributed by atoms with Crippen LogP contribution in [0.15, 0.2) is 24.3 Å². The van der Waals surface area contributed by atoms with Crippen LogP contribution in [0.25, 0.3) is 0 Å². The molecule has 1 saturated carbocycles. The summed E-state index contributed by atoms with van der Waals surface area (Å²) in [6.45, 7) is 10.1. The lowest BCUT2D eigenvalue weighted by atomic mass is 9.74. The van der Waals surface area contributed by atoms with Gasteiger partial charge in [-0.05, 0) is 56.1 Å². The highest BCUT2D eigenvalue weighted by atomic mass is 16.1. The molecule has 0 spiro atoms. The number of ketones is 1. The lowest BCUT2D eigenvalue weighted by Crippen LogP contribution is -2.44. The molecule has 0 aliphatic heterocycles. The summed E-state index contributed by atoms with van der Waals surface area (Å²) in [7, 11) is 0. The van der Waals surface area contributed by atoms with Gasteiger partial charge in [-0.15, -0.1) is 0 Å². The number of hydrogen-bond acceptors (Lipinski definition) is 2. The van der Waals surface area contributed by atoms with Crippen LogP contribution in [0.4, 0.5) is 0 Å². The van der Waals surface area contributed by atoms with Crippen molar-refractivity contribution in [1.29, 1.82) is 0 Å². The topological polar surface area (TPSA) is 46.2 Å². The molecule has 0 radical (unpaired) electrons. The Bertz CT molecular complexity index is 374. The Balaban J connectivity index is 2.53. The number of nitrogens with one attached hydrogen (secondary N) is 1. The van der Waals surface area contributed by atoms with E-state index in [1.165, 1.54) is 0 Å². The third kappa shape index (κ3) is 4.66. The Kier molecular flexibility index (Phi) is 5.52. The Morgan fingerprint density at radius 3 is 2.42 bits per heavy atom. The van der Waals surface area contributed by atoms with Gasteiger partial charge in [0, 0.05) is 5.54 Å².